The number of esters is 2. The third-order valence-electron chi connectivity index (χ3n) is 10.8. The van der Waals surface area contributed by atoms with E-state index >= 15 is 0 Å². The molecule has 2 unspecified atom stereocenters. The highest BCUT2D eigenvalue weighted by atomic mass is 16.7. The van der Waals surface area contributed by atoms with Crippen molar-refractivity contribution in [3.05, 3.63) is 24.3 Å². The molecule has 1 aliphatic heterocycles. The number of unbranched alkanes of at least 4 members (excludes halogenated alkanes) is 24. The van der Waals surface area contributed by atoms with Crippen LogP contribution in [0.4, 0.5) is 0 Å². The fourth-order valence-corrected chi connectivity index (χ4v) is 7.10. The Hall–Kier alpha value is -1.82. The highest BCUT2D eigenvalue weighted by Crippen LogP contribution is 2.23. The lowest BCUT2D eigenvalue weighted by molar-refractivity contribution is -0.305. The van der Waals surface area contributed by atoms with E-state index < -0.39 is 55.4 Å². The van der Waals surface area contributed by atoms with Gasteiger partial charge in [-0.1, -0.05) is 173 Å². The van der Waals surface area contributed by atoms with Crippen LogP contribution in [0.3, 0.4) is 0 Å². The van der Waals surface area contributed by atoms with Crippen LogP contribution < -0.4 is 0 Å². The molecule has 0 radical (unpaired) electrons. The molecule has 1 rings (SSSR count). The third kappa shape index (κ3) is 30.0. The second-order valence-corrected chi connectivity index (χ2v) is 16.2. The van der Waals surface area contributed by atoms with Crippen LogP contribution in [0.15, 0.2) is 24.3 Å². The standard InChI is InChI=1S/C47H86O10/c1-3-5-7-9-11-13-15-17-19-20-22-24-26-28-30-32-34-36-43(50)56-40(39-55-47-46(53)45(52)44(51)41(37-48)57-47)38-54-42(49)35-33-31-29-27-25-23-21-18-16-14-12-10-8-6-4-2/h18,21,25,27,40-41,44-48,51-53H,3-17,19-20,22-24,26,28-39H2,1-2H3/b21-18+,27-25+/t40-,41-,44+,45?,46?,47-/m1/s1. The van der Waals surface area contributed by atoms with E-state index in [1.54, 1.807) is 0 Å². The summed E-state index contributed by atoms with van der Waals surface area (Å²) in [7, 11) is 0. The molecule has 0 bridgehead atoms. The Morgan fingerprint density at radius 2 is 0.982 bits per heavy atom. The number of hydrogen-bond acceptors (Lipinski definition) is 10. The lowest BCUT2D eigenvalue weighted by atomic mass is 9.99. The molecule has 10 nitrogen and oxygen atoms in total. The highest BCUT2D eigenvalue weighted by molar-refractivity contribution is 5.70. The van der Waals surface area contributed by atoms with Gasteiger partial charge in [-0.3, -0.25) is 9.59 Å². The fraction of sp³-hybridized carbons (Fsp3) is 0.872. The highest BCUT2D eigenvalue weighted by Gasteiger charge is 2.44. The van der Waals surface area contributed by atoms with Crippen molar-refractivity contribution in [2.75, 3.05) is 19.8 Å². The lowest BCUT2D eigenvalue weighted by Crippen LogP contribution is -2.59. The molecule has 1 heterocycles. The molecular formula is C47H86O10. The topological polar surface area (TPSA) is 152 Å². The van der Waals surface area contributed by atoms with Crippen LogP contribution in [0.1, 0.15) is 206 Å². The molecule has 0 aromatic rings. The van der Waals surface area contributed by atoms with Crippen molar-refractivity contribution < 1.29 is 49.0 Å². The third-order valence-corrected chi connectivity index (χ3v) is 10.8. The van der Waals surface area contributed by atoms with Gasteiger partial charge in [-0.05, 0) is 44.9 Å². The van der Waals surface area contributed by atoms with E-state index in [-0.39, 0.29) is 26.1 Å². The number of rotatable bonds is 39. The lowest BCUT2D eigenvalue weighted by Gasteiger charge is -2.39. The first-order valence-corrected chi connectivity index (χ1v) is 23.4. The van der Waals surface area contributed by atoms with Gasteiger partial charge in [0, 0.05) is 12.8 Å². The first kappa shape index (κ1) is 53.2. The first-order valence-electron chi connectivity index (χ1n) is 23.4. The zero-order valence-electron chi connectivity index (χ0n) is 36.3. The van der Waals surface area contributed by atoms with Crippen molar-refractivity contribution in [2.24, 2.45) is 0 Å². The molecule has 1 aliphatic rings. The van der Waals surface area contributed by atoms with E-state index in [4.69, 9.17) is 18.9 Å². The van der Waals surface area contributed by atoms with E-state index in [0.29, 0.717) is 12.8 Å². The van der Waals surface area contributed by atoms with Gasteiger partial charge in [0.15, 0.2) is 12.4 Å². The van der Waals surface area contributed by atoms with Crippen molar-refractivity contribution in [1.29, 1.82) is 0 Å². The molecule has 0 amide bonds. The normalized spacial score (nSPS) is 20.4. The zero-order valence-corrected chi connectivity index (χ0v) is 36.3. The van der Waals surface area contributed by atoms with E-state index in [0.717, 1.165) is 44.9 Å². The molecule has 0 aromatic heterocycles. The summed E-state index contributed by atoms with van der Waals surface area (Å²) in [6.07, 6.45) is 34.7. The maximum Gasteiger partial charge on any atom is 0.306 e. The molecule has 0 saturated carbocycles. The summed E-state index contributed by atoms with van der Waals surface area (Å²) in [6, 6.07) is 0. The minimum Gasteiger partial charge on any atom is -0.462 e. The van der Waals surface area contributed by atoms with Crippen molar-refractivity contribution in [3.63, 3.8) is 0 Å². The van der Waals surface area contributed by atoms with Crippen LogP contribution in [0, 0.1) is 0 Å². The molecule has 0 spiro atoms. The molecule has 0 aliphatic carbocycles. The number of allylic oxidation sites excluding steroid dienone is 4. The quantitative estimate of drug-likeness (QED) is 0.0268. The van der Waals surface area contributed by atoms with Crippen molar-refractivity contribution >= 4 is 11.9 Å². The Balaban J connectivity index is 2.32. The second kappa shape index (κ2) is 38.4. The van der Waals surface area contributed by atoms with Gasteiger partial charge in [-0.15, -0.1) is 0 Å². The SMILES string of the molecule is CCCCCCCC/C=C/C/C=C/CCCCC(=O)OC[C@H](CO[C@@H]1O[C@H](CO)[C@H](O)C(O)C1O)OC(=O)CCCCCCCCCCCCCCCCCCC. The van der Waals surface area contributed by atoms with Gasteiger partial charge in [0.1, 0.15) is 31.0 Å². The van der Waals surface area contributed by atoms with E-state index in [1.165, 1.54) is 122 Å². The Kier molecular flexibility index (Phi) is 35.8. The largest absolute Gasteiger partial charge is 0.462 e. The van der Waals surface area contributed by atoms with Crippen molar-refractivity contribution in [1.82, 2.24) is 0 Å². The summed E-state index contributed by atoms with van der Waals surface area (Å²) in [4.78, 5) is 25.3. The number of carbonyl (C=O) groups excluding carboxylic acids is 2. The molecule has 57 heavy (non-hydrogen) atoms. The first-order chi connectivity index (χ1) is 27.8. The van der Waals surface area contributed by atoms with Crippen LogP contribution in [-0.2, 0) is 28.5 Å². The summed E-state index contributed by atoms with van der Waals surface area (Å²) in [6.45, 7) is 3.40. The van der Waals surface area contributed by atoms with Gasteiger partial charge >= 0.3 is 11.9 Å². The smallest absolute Gasteiger partial charge is 0.306 e. The molecular weight excluding hydrogens is 725 g/mol. The van der Waals surface area contributed by atoms with Crippen LogP contribution >= 0.6 is 0 Å². The predicted octanol–water partition coefficient (Wildman–Crippen LogP) is 10.1. The fourth-order valence-electron chi connectivity index (χ4n) is 7.10. The number of aliphatic hydroxyl groups is 4. The van der Waals surface area contributed by atoms with E-state index in [1.807, 2.05) is 0 Å². The van der Waals surface area contributed by atoms with Gasteiger partial charge in [0.2, 0.25) is 0 Å². The van der Waals surface area contributed by atoms with E-state index in [9.17, 15) is 30.0 Å². The summed E-state index contributed by atoms with van der Waals surface area (Å²) in [5, 5.41) is 40.1. The number of hydrogen-bond donors (Lipinski definition) is 4. The van der Waals surface area contributed by atoms with Crippen LogP contribution in [0.2, 0.25) is 0 Å². The molecule has 10 heteroatoms. The Labute approximate surface area is 347 Å². The Morgan fingerprint density at radius 1 is 0.544 bits per heavy atom. The van der Waals surface area contributed by atoms with Crippen molar-refractivity contribution in [3.8, 4) is 0 Å². The second-order valence-electron chi connectivity index (χ2n) is 16.2. The van der Waals surface area contributed by atoms with Crippen LogP contribution in [0.5, 0.6) is 0 Å². The minimum atomic E-state index is -1.60. The average molecular weight is 811 g/mol. The van der Waals surface area contributed by atoms with Crippen molar-refractivity contribution in [2.45, 2.75) is 243 Å². The van der Waals surface area contributed by atoms with Gasteiger partial charge < -0.3 is 39.4 Å². The molecule has 0 aromatic carbocycles. The summed E-state index contributed by atoms with van der Waals surface area (Å²) in [5.41, 5.74) is 0. The van der Waals surface area contributed by atoms with Gasteiger partial charge in [-0.2, -0.15) is 0 Å². The van der Waals surface area contributed by atoms with E-state index in [2.05, 4.69) is 38.2 Å². The van der Waals surface area contributed by atoms with Crippen LogP contribution in [0.25, 0.3) is 0 Å². The molecule has 4 N–H and O–H groups in total. The molecule has 1 saturated heterocycles. The number of carbonyl (C=O) groups is 2. The van der Waals surface area contributed by atoms with Crippen LogP contribution in [-0.4, -0.2) is 89.0 Å². The summed E-state index contributed by atoms with van der Waals surface area (Å²) in [5.74, 6) is -0.836. The average Bonchev–Trinajstić information content (AvgIpc) is 3.21. The monoisotopic (exact) mass is 811 g/mol. The Bertz CT molecular complexity index is 985. The maximum atomic E-state index is 12.8. The summed E-state index contributed by atoms with van der Waals surface area (Å²) >= 11 is 0. The zero-order chi connectivity index (χ0) is 41.6. The predicted molar refractivity (Wildman–Crippen MR) is 229 cm³/mol. The van der Waals surface area contributed by atoms with Gasteiger partial charge in [-0.25, -0.2) is 0 Å². The molecule has 6 atom stereocenters. The maximum absolute atomic E-state index is 12.8. The Morgan fingerprint density at radius 3 is 1.49 bits per heavy atom. The summed E-state index contributed by atoms with van der Waals surface area (Å²) < 4.78 is 22.1. The molecule has 1 fully saturated rings. The minimum absolute atomic E-state index is 0.228. The van der Waals surface area contributed by atoms with Gasteiger partial charge in [0.05, 0.1) is 13.2 Å². The molecule has 334 valence electrons. The number of aliphatic hydroxyl groups excluding tert-OH is 4. The van der Waals surface area contributed by atoms with Gasteiger partial charge in [0.25, 0.3) is 0 Å². The number of ether oxygens (including phenoxy) is 4.